The van der Waals surface area contributed by atoms with E-state index in [-0.39, 0.29) is 157 Å². The Morgan fingerprint density at radius 3 is 1.76 bits per heavy atom. The molecule has 0 saturated carbocycles. The molecular formula is C59H54Cl6N2O18Si7-7. The molecule has 20 nitrogen and oxygen atoms in total. The number of nitrogens with zero attached hydrogens (tertiary/aromatic N) is 1. The molecule has 0 spiro atoms. The van der Waals surface area contributed by atoms with Crippen molar-refractivity contribution in [2.45, 2.75) is 33.8 Å². The van der Waals surface area contributed by atoms with E-state index in [4.69, 9.17) is 75.8 Å². The fourth-order valence-electron chi connectivity index (χ4n) is 7.37. The molecule has 485 valence electrons. The van der Waals surface area contributed by atoms with E-state index in [1.165, 1.54) is 11.8 Å². The van der Waals surface area contributed by atoms with Crippen molar-refractivity contribution in [3.63, 3.8) is 0 Å². The highest BCUT2D eigenvalue weighted by molar-refractivity contribution is 6.27. The van der Waals surface area contributed by atoms with Crippen molar-refractivity contribution in [1.82, 2.24) is 0 Å². The van der Waals surface area contributed by atoms with Crippen LogP contribution in [0.1, 0.15) is 54.6 Å². The number of ketones is 5. The second-order valence-corrected chi connectivity index (χ2v) is 21.6. The van der Waals surface area contributed by atoms with Gasteiger partial charge in [0.25, 0.3) is 11.5 Å². The highest BCUT2D eigenvalue weighted by atomic mass is 35.5. The minimum atomic E-state index is -0.125. The topological polar surface area (TPSA) is 218 Å². The summed E-state index contributed by atoms with van der Waals surface area (Å²) in [5, 5.41) is 19.5. The van der Waals surface area contributed by atoms with Crippen LogP contribution < -0.4 is 84.7 Å². The minimum absolute atomic E-state index is 0. The summed E-state index contributed by atoms with van der Waals surface area (Å²) in [7, 11) is 1.32. The summed E-state index contributed by atoms with van der Waals surface area (Å²) in [6.07, 6.45) is 24.0. The Balaban J connectivity index is 0.000000366. The third kappa shape index (κ3) is 24.5. The molecule has 9 aliphatic heterocycles. The maximum atomic E-state index is 8.68. The molecule has 2 aliphatic carbocycles. The number of hydrogen-bond donors (Lipinski definition) is 2. The van der Waals surface area contributed by atoms with Crippen molar-refractivity contribution < 1.29 is 165 Å². The van der Waals surface area contributed by atoms with Crippen molar-refractivity contribution in [2.24, 2.45) is 5.92 Å². The highest BCUT2D eigenvalue weighted by Crippen LogP contribution is 2.27. The van der Waals surface area contributed by atoms with E-state index in [2.05, 4.69) is 47.8 Å². The third-order valence-electron chi connectivity index (χ3n) is 11.5. The molecule has 15 rings (SSSR count). The first-order valence-electron chi connectivity index (χ1n) is 26.0. The average molecular weight is 1490 g/mol. The zero-order valence-electron chi connectivity index (χ0n) is 49.0. The van der Waals surface area contributed by atoms with Crippen LogP contribution in [0.4, 0.5) is 5.69 Å². The van der Waals surface area contributed by atoms with E-state index in [1.807, 2.05) is 159 Å². The van der Waals surface area contributed by atoms with E-state index in [1.54, 1.807) is 30.1 Å². The number of hydrogen-bond acceptors (Lipinski definition) is 13. The second kappa shape index (κ2) is 44.6. The number of halogens is 6. The molecule has 92 heavy (non-hydrogen) atoms. The summed E-state index contributed by atoms with van der Waals surface area (Å²) in [4.78, 5) is 0. The van der Waals surface area contributed by atoms with Gasteiger partial charge in [-0.2, -0.15) is 7.11 Å². The lowest BCUT2D eigenvalue weighted by molar-refractivity contribution is -0.705. The van der Waals surface area contributed by atoms with Crippen molar-refractivity contribution in [2.75, 3.05) is 13.7 Å². The molecule has 0 amide bonds. The number of allylic oxidation sites excluding steroid dienone is 13. The van der Waals surface area contributed by atoms with Crippen LogP contribution in [0.2, 0.25) is 0 Å². The Labute approximate surface area is 587 Å². The molecule has 11 aliphatic rings. The summed E-state index contributed by atoms with van der Waals surface area (Å²) in [5.41, 5.74) is 5.48. The van der Waals surface area contributed by atoms with Gasteiger partial charge in [0.15, 0.2) is 37.6 Å². The Bertz CT molecular complexity index is 3480. The number of para-hydroxylation sites is 1. The number of ether oxygens (including phenoxy) is 2. The number of nitrogens with one attached hydrogen (secondary N) is 1. The fraction of sp³-hybridized carbons (Fsp3) is 0.136. The van der Waals surface area contributed by atoms with Crippen molar-refractivity contribution >= 4 is 116 Å². The molecule has 0 saturated heterocycles. The number of rotatable bonds is 6. The summed E-state index contributed by atoms with van der Waals surface area (Å²) in [5.74, 6) is 10.3. The lowest BCUT2D eigenvalue weighted by atomic mass is 10.0. The molecule has 4 aromatic rings. The number of aliphatic hydroxyl groups excluding tert-OH is 1. The normalized spacial score (nSPS) is 16.9. The standard InChI is InChI=1S/C14H11O2Si.C13H10NO2Si.C10H11O2Si.C7H5O2Si.C6H5O4Si.C6H5O3Si.C2H3NO2Si.CH3O.6ClH/c2*1-3-7-11(8-4-1)13-14(16-17-15-13)12-9-5-2-6-10-12;1-7(2)8-4-3-5-9-10(6-8)12-13-11-9;1-2-4-6-7(5-3-1)9-10-8-6;7-2-4-1-5-6(3-8-4)10-11-9-5;1-4-6-5(2-3-7-4)8-10-9-6;1-2-3-5-6-4-2;1-2;;;;;;/h1-10,13H;1-10H;3-7H,1-2H3;1-5H;1,3,7H,2H2;2-3H,1H3;1H3;1H3;6*1H/q;;;;;;2*-1;;;;;;/p-5. The predicted octanol–water partition coefficient (Wildman–Crippen LogP) is -13.8. The minimum Gasteiger partial charge on any atom is -1.00 e. The van der Waals surface area contributed by atoms with E-state index in [0.29, 0.717) is 23.2 Å². The summed E-state index contributed by atoms with van der Waals surface area (Å²) >= 11 is 0. The van der Waals surface area contributed by atoms with Gasteiger partial charge in [0, 0.05) is 29.0 Å². The SMILES string of the molecule is C1=CC=C2O[Si-][O+]=C2C=C1.CC(C)C1=CC=CC2=[O+][Si-]OC2=C1.CC1=C2O[Si-][O+]=C2C=CO1.CC1=[NH+]O[Si-]O1.C[O-].OCC1=CC2=[O+][Si-]OC2=CO1.[Cl-].[Cl-].[Cl-].[Cl-].[Cl-].[Cl-].c1ccc(C2=[N+](c3ccccc3)O[Si-]O2)cc1.c1ccc(C2=[O+][Si-]OC2c2ccccc2)cc1. The molecule has 4 aromatic carbocycles. The van der Waals surface area contributed by atoms with Gasteiger partial charge in [-0.25, -0.2) is 0 Å². The van der Waals surface area contributed by atoms with Crippen molar-refractivity contribution in [3.05, 3.63) is 258 Å². The number of aliphatic hydroxyl groups is 1. The van der Waals surface area contributed by atoms with E-state index in [0.717, 1.165) is 87.5 Å². The van der Waals surface area contributed by atoms with Gasteiger partial charge in [-0.1, -0.05) is 134 Å². The Kier molecular flexibility index (Phi) is 39.4. The van der Waals surface area contributed by atoms with Crippen LogP contribution in [-0.4, -0.2) is 134 Å². The first kappa shape index (κ1) is 81.2. The van der Waals surface area contributed by atoms with Gasteiger partial charge in [0.2, 0.25) is 11.5 Å². The second-order valence-electron chi connectivity index (χ2n) is 17.6. The van der Waals surface area contributed by atoms with E-state index in [9.17, 15) is 0 Å². The largest absolute Gasteiger partial charge is 1.00 e. The van der Waals surface area contributed by atoms with Gasteiger partial charge in [-0.3, -0.25) is 0 Å². The Morgan fingerprint density at radius 1 is 0.554 bits per heavy atom. The van der Waals surface area contributed by atoms with Gasteiger partial charge in [0.05, 0.1) is 30.2 Å². The van der Waals surface area contributed by atoms with Gasteiger partial charge in [-0.15, -0.1) is 0 Å². The summed E-state index contributed by atoms with van der Waals surface area (Å²) in [6.45, 7) is 7.86. The maximum Gasteiger partial charge on any atom is 0.424 e. The Morgan fingerprint density at radius 2 is 1.14 bits per heavy atom. The molecular weight excluding hydrogens is 1430 g/mol. The highest BCUT2D eigenvalue weighted by Gasteiger charge is 2.31. The first-order chi connectivity index (χ1) is 42.3. The van der Waals surface area contributed by atoms with Crippen LogP contribution in [0.5, 0.6) is 0 Å². The van der Waals surface area contributed by atoms with Crippen molar-refractivity contribution in [3.8, 4) is 0 Å². The molecule has 33 heteroatoms. The maximum absolute atomic E-state index is 8.68. The molecule has 1 atom stereocenters. The molecule has 0 aromatic heterocycles. The van der Waals surface area contributed by atoms with Crippen LogP contribution in [0.3, 0.4) is 0 Å². The molecule has 1 unspecified atom stereocenters. The average Bonchev–Trinajstić information content (AvgIpc) is 2.01. The van der Waals surface area contributed by atoms with Crippen LogP contribution >= 0.6 is 0 Å². The molecule has 7 radical (unpaired) electrons. The number of fused-ring (bicyclic) bond motifs is 4. The Hall–Kier alpha value is -6.89. The first-order valence-corrected chi connectivity index (χ1v) is 31.7. The quantitative estimate of drug-likeness (QED) is 0.104. The van der Waals surface area contributed by atoms with E-state index < -0.39 is 0 Å². The third-order valence-corrected chi connectivity index (χ3v) is 15.7. The zero-order chi connectivity index (χ0) is 60.1. The van der Waals surface area contributed by atoms with Crippen LogP contribution in [0, 0.1) is 5.92 Å². The van der Waals surface area contributed by atoms with Gasteiger partial charge >= 0.3 is 85.0 Å². The number of carbonyl (C=O) groups excluding carboxylic acids is 5. The lowest BCUT2D eigenvalue weighted by Crippen LogP contribution is -3.00. The van der Waals surface area contributed by atoms with Gasteiger partial charge in [0.1, 0.15) is 30.6 Å². The van der Waals surface area contributed by atoms with E-state index >= 15 is 0 Å². The summed E-state index contributed by atoms with van der Waals surface area (Å²) < 4.78 is 84.8. The smallest absolute Gasteiger partial charge is 0.424 e. The summed E-state index contributed by atoms with van der Waals surface area (Å²) in [6, 6.07) is 40.1. The molecule has 9 heterocycles. The van der Waals surface area contributed by atoms with Crippen LogP contribution in [-0.2, 0) is 66.0 Å². The predicted molar refractivity (Wildman–Crippen MR) is 318 cm³/mol. The monoisotopic (exact) mass is 1480 g/mol. The zero-order valence-corrected chi connectivity index (χ0v) is 60.6. The van der Waals surface area contributed by atoms with Crippen molar-refractivity contribution in [1.29, 1.82) is 0 Å². The number of benzene rings is 4. The molecule has 0 bridgehead atoms. The van der Waals surface area contributed by atoms with Crippen LogP contribution in [0.25, 0.3) is 0 Å². The lowest BCUT2D eigenvalue weighted by Gasteiger charge is -2.10. The fourth-order valence-corrected chi connectivity index (χ4v) is 11.3. The van der Waals surface area contributed by atoms with Gasteiger partial charge < -0.3 is 155 Å². The molecule has 0 fully saturated rings. The molecule has 2 N–H and O–H groups in total. The van der Waals surface area contributed by atoms with Crippen LogP contribution in [0.15, 0.2) is 241 Å². The van der Waals surface area contributed by atoms with Gasteiger partial charge in [-0.05, 0) is 60.4 Å².